The fraction of sp³-hybridized carbons (Fsp3) is 0.350. The average molecular weight is 468 g/mol. The minimum absolute atomic E-state index is 0.0658. The topological polar surface area (TPSA) is 137 Å². The van der Waals surface area contributed by atoms with Crippen molar-refractivity contribution in [1.82, 2.24) is 25.7 Å². The van der Waals surface area contributed by atoms with Crippen molar-refractivity contribution >= 4 is 29.4 Å². The predicted molar refractivity (Wildman–Crippen MR) is 111 cm³/mol. The van der Waals surface area contributed by atoms with Gasteiger partial charge in [0.15, 0.2) is 11.5 Å². The summed E-state index contributed by atoms with van der Waals surface area (Å²) in [4.78, 5) is 44.6. The highest BCUT2D eigenvalue weighted by Gasteiger charge is 2.30. The fourth-order valence-corrected chi connectivity index (χ4v) is 2.64. The van der Waals surface area contributed by atoms with E-state index in [2.05, 4.69) is 26.1 Å². The molecule has 0 fully saturated rings. The Morgan fingerprint density at radius 1 is 1.00 bits per heavy atom. The predicted octanol–water partition coefficient (Wildman–Crippen LogP) is 3.03. The largest absolute Gasteiger partial charge is 0.465 e. The number of halogens is 3. The lowest BCUT2D eigenvalue weighted by atomic mass is 9.96. The van der Waals surface area contributed by atoms with Gasteiger partial charge in [-0.05, 0) is 29.7 Å². The molecule has 1 aromatic carbocycles. The number of hydrogen-bond donors (Lipinski definition) is 4. The first-order chi connectivity index (χ1) is 15.3. The number of hydrogen-bond acceptors (Lipinski definition) is 6. The molecular weight excluding hydrogens is 445 g/mol. The number of amides is 3. The Hall–Kier alpha value is -3.90. The third-order valence-corrected chi connectivity index (χ3v) is 3.97. The number of carbonyl (C=O) groups is 3. The fourth-order valence-electron chi connectivity index (χ4n) is 2.64. The Morgan fingerprint density at radius 2 is 1.61 bits per heavy atom. The quantitative estimate of drug-likeness (QED) is 0.479. The lowest BCUT2D eigenvalue weighted by Gasteiger charge is -2.27. The van der Waals surface area contributed by atoms with Crippen molar-refractivity contribution in [3.8, 4) is 0 Å². The number of carbonyl (C=O) groups excluding carboxylic acids is 2. The number of alkyl halides is 3. The molecule has 1 aromatic heterocycles. The van der Waals surface area contributed by atoms with Crippen LogP contribution in [0.2, 0.25) is 0 Å². The van der Waals surface area contributed by atoms with Gasteiger partial charge < -0.3 is 10.4 Å². The highest BCUT2D eigenvalue weighted by atomic mass is 19.4. The number of hydrazine groups is 1. The van der Waals surface area contributed by atoms with Crippen molar-refractivity contribution in [1.29, 1.82) is 0 Å². The van der Waals surface area contributed by atoms with E-state index in [1.807, 2.05) is 20.8 Å². The van der Waals surface area contributed by atoms with Crippen LogP contribution in [-0.4, -0.2) is 51.0 Å². The Balaban J connectivity index is 2.03. The highest BCUT2D eigenvalue weighted by Crippen LogP contribution is 2.30. The minimum atomic E-state index is -4.49. The summed E-state index contributed by atoms with van der Waals surface area (Å²) < 4.78 is 38.1. The molecule has 0 aliphatic rings. The molecule has 4 N–H and O–H groups in total. The SMILES string of the molecule is CC(C)(C)CN(CC(=O)NNC(=O)c1nccnc1Nc1ccc(C(F)(F)F)cc1)C(=O)O. The van der Waals surface area contributed by atoms with Gasteiger partial charge in [0.1, 0.15) is 6.54 Å². The molecule has 0 aliphatic heterocycles. The number of rotatable bonds is 6. The Bertz CT molecular complexity index is 1010. The van der Waals surface area contributed by atoms with Gasteiger partial charge in [0.2, 0.25) is 0 Å². The number of anilines is 2. The zero-order chi connectivity index (χ0) is 24.8. The molecule has 0 aliphatic carbocycles. The first-order valence-electron chi connectivity index (χ1n) is 9.58. The first kappa shape index (κ1) is 25.4. The van der Waals surface area contributed by atoms with E-state index in [1.54, 1.807) is 0 Å². The number of carboxylic acid groups (broad SMARTS) is 1. The van der Waals surface area contributed by atoms with Crippen molar-refractivity contribution < 1.29 is 32.7 Å². The molecular formula is C20H23F3N6O4. The van der Waals surface area contributed by atoms with Crippen LogP contribution >= 0.6 is 0 Å². The van der Waals surface area contributed by atoms with Crippen molar-refractivity contribution in [3.05, 3.63) is 47.9 Å². The minimum Gasteiger partial charge on any atom is -0.465 e. The molecule has 13 heteroatoms. The van der Waals surface area contributed by atoms with E-state index in [-0.39, 0.29) is 29.2 Å². The molecule has 0 saturated carbocycles. The Morgan fingerprint density at radius 3 is 2.15 bits per heavy atom. The van der Waals surface area contributed by atoms with E-state index in [4.69, 9.17) is 0 Å². The zero-order valence-electron chi connectivity index (χ0n) is 18.0. The van der Waals surface area contributed by atoms with Crippen molar-refractivity contribution in [2.75, 3.05) is 18.4 Å². The maximum Gasteiger partial charge on any atom is 0.416 e. The summed E-state index contributed by atoms with van der Waals surface area (Å²) in [6.45, 7) is 5.00. The first-order valence-corrected chi connectivity index (χ1v) is 9.58. The van der Waals surface area contributed by atoms with E-state index >= 15 is 0 Å². The third-order valence-electron chi connectivity index (χ3n) is 3.97. The summed E-state index contributed by atoms with van der Waals surface area (Å²) in [5, 5.41) is 11.9. The van der Waals surface area contributed by atoms with Gasteiger partial charge in [0.25, 0.3) is 11.8 Å². The lowest BCUT2D eigenvalue weighted by Crippen LogP contribution is -2.49. The average Bonchev–Trinajstić information content (AvgIpc) is 2.70. The lowest BCUT2D eigenvalue weighted by molar-refractivity contribution is -0.137. The third kappa shape index (κ3) is 7.94. The van der Waals surface area contributed by atoms with Gasteiger partial charge >= 0.3 is 12.3 Å². The van der Waals surface area contributed by atoms with Crippen LogP contribution in [-0.2, 0) is 11.0 Å². The summed E-state index contributed by atoms with van der Waals surface area (Å²) in [6, 6.07) is 4.06. The van der Waals surface area contributed by atoms with Gasteiger partial charge in [-0.2, -0.15) is 13.2 Å². The molecule has 0 unspecified atom stereocenters. The number of nitrogens with one attached hydrogen (secondary N) is 3. The smallest absolute Gasteiger partial charge is 0.416 e. The van der Waals surface area contributed by atoms with Gasteiger partial charge in [-0.1, -0.05) is 20.8 Å². The van der Waals surface area contributed by atoms with Crippen LogP contribution in [0.4, 0.5) is 29.5 Å². The van der Waals surface area contributed by atoms with Crippen LogP contribution in [0.3, 0.4) is 0 Å². The number of benzene rings is 1. The summed E-state index contributed by atoms with van der Waals surface area (Å²) >= 11 is 0. The molecule has 0 bridgehead atoms. The van der Waals surface area contributed by atoms with Crippen LogP contribution in [0.1, 0.15) is 36.8 Å². The Kier molecular flexibility index (Phi) is 7.80. The Labute approximate surface area is 187 Å². The second kappa shape index (κ2) is 10.1. The monoisotopic (exact) mass is 468 g/mol. The van der Waals surface area contributed by atoms with Crippen LogP contribution in [0, 0.1) is 5.41 Å². The molecule has 2 rings (SSSR count). The van der Waals surface area contributed by atoms with E-state index in [0.29, 0.717) is 0 Å². The summed E-state index contributed by atoms with van der Waals surface area (Å²) in [6.07, 6.45) is -3.30. The molecule has 0 spiro atoms. The van der Waals surface area contributed by atoms with Gasteiger partial charge in [-0.3, -0.25) is 25.3 Å². The van der Waals surface area contributed by atoms with Crippen molar-refractivity contribution in [2.45, 2.75) is 26.9 Å². The summed E-state index contributed by atoms with van der Waals surface area (Å²) in [5.74, 6) is -1.72. The van der Waals surface area contributed by atoms with Crippen LogP contribution in [0.25, 0.3) is 0 Å². The van der Waals surface area contributed by atoms with Gasteiger partial charge in [-0.25, -0.2) is 14.8 Å². The van der Waals surface area contributed by atoms with Gasteiger partial charge in [-0.15, -0.1) is 0 Å². The summed E-state index contributed by atoms with van der Waals surface area (Å²) in [7, 11) is 0. The van der Waals surface area contributed by atoms with E-state index in [1.165, 1.54) is 12.4 Å². The summed E-state index contributed by atoms with van der Waals surface area (Å²) in [5.41, 5.74) is 2.96. The van der Waals surface area contributed by atoms with Crippen LogP contribution in [0.5, 0.6) is 0 Å². The molecule has 0 radical (unpaired) electrons. The number of aromatic nitrogens is 2. The number of nitrogens with zero attached hydrogens (tertiary/aromatic N) is 3. The van der Waals surface area contributed by atoms with Gasteiger partial charge in [0, 0.05) is 24.6 Å². The standard InChI is InChI=1S/C20H23F3N6O4/c1-19(2,3)11-29(18(32)33)10-14(30)27-28-17(31)15-16(25-9-8-24-15)26-13-6-4-12(5-7-13)20(21,22)23/h4-9H,10-11H2,1-3H3,(H,25,26)(H,27,30)(H,28,31)(H,32,33). The zero-order valence-corrected chi connectivity index (χ0v) is 18.0. The molecule has 1 heterocycles. The highest BCUT2D eigenvalue weighted by molar-refractivity contribution is 5.98. The van der Waals surface area contributed by atoms with E-state index < -0.39 is 36.2 Å². The van der Waals surface area contributed by atoms with Crippen LogP contribution < -0.4 is 16.2 Å². The van der Waals surface area contributed by atoms with Crippen LogP contribution in [0.15, 0.2) is 36.7 Å². The maximum absolute atomic E-state index is 12.7. The second-order valence-corrected chi connectivity index (χ2v) is 8.16. The molecule has 33 heavy (non-hydrogen) atoms. The van der Waals surface area contributed by atoms with E-state index in [9.17, 15) is 32.7 Å². The maximum atomic E-state index is 12.7. The normalized spacial score (nSPS) is 11.5. The van der Waals surface area contributed by atoms with Crippen molar-refractivity contribution in [3.63, 3.8) is 0 Å². The molecule has 0 atom stereocenters. The van der Waals surface area contributed by atoms with Crippen molar-refractivity contribution in [2.24, 2.45) is 5.41 Å². The molecule has 10 nitrogen and oxygen atoms in total. The molecule has 0 saturated heterocycles. The second-order valence-electron chi connectivity index (χ2n) is 8.16. The molecule has 3 amide bonds. The van der Waals surface area contributed by atoms with E-state index in [0.717, 1.165) is 29.2 Å². The van der Waals surface area contributed by atoms with Gasteiger partial charge in [0.05, 0.1) is 5.56 Å². The molecule has 2 aromatic rings. The molecule has 178 valence electrons.